The van der Waals surface area contributed by atoms with Gasteiger partial charge >= 0.3 is 5.97 Å². The van der Waals surface area contributed by atoms with Crippen molar-refractivity contribution in [2.75, 3.05) is 18.1 Å². The van der Waals surface area contributed by atoms with E-state index in [1.54, 1.807) is 0 Å². The predicted octanol–water partition coefficient (Wildman–Crippen LogP) is 3.24. The molecular formula is C17H12ClF2N3O3. The molecule has 6 nitrogen and oxygen atoms in total. The van der Waals surface area contributed by atoms with Gasteiger partial charge in [0.15, 0.2) is 0 Å². The van der Waals surface area contributed by atoms with E-state index in [9.17, 15) is 23.5 Å². The van der Waals surface area contributed by atoms with Crippen molar-refractivity contribution < 1.29 is 18.7 Å². The van der Waals surface area contributed by atoms with Gasteiger partial charge in [0.1, 0.15) is 17.2 Å². The van der Waals surface area contributed by atoms with Gasteiger partial charge in [-0.05, 0) is 24.3 Å². The molecule has 9 heteroatoms. The van der Waals surface area contributed by atoms with Crippen LogP contribution >= 0.6 is 11.6 Å². The number of nitrogens with one attached hydrogen (secondary N) is 1. The molecule has 2 aromatic carbocycles. The fraction of sp³-hybridized carbons (Fsp3) is 0.0588. The summed E-state index contributed by atoms with van der Waals surface area (Å²) in [6.07, 6.45) is 1.04. The van der Waals surface area contributed by atoms with Gasteiger partial charge in [0.25, 0.3) is 0 Å². The number of hydrogen-bond acceptors (Lipinski definition) is 4. The molecule has 0 amide bonds. The average Bonchev–Trinajstić information content (AvgIpc) is 2.58. The minimum absolute atomic E-state index is 0.0644. The van der Waals surface area contributed by atoms with Crippen LogP contribution in [0, 0.1) is 11.6 Å². The summed E-state index contributed by atoms with van der Waals surface area (Å²) in [4.78, 5) is 23.9. The molecule has 0 unspecified atom stereocenters. The number of carbonyl (C=O) groups is 1. The van der Waals surface area contributed by atoms with Gasteiger partial charge in [0, 0.05) is 18.9 Å². The van der Waals surface area contributed by atoms with E-state index in [2.05, 4.69) is 5.32 Å². The molecule has 0 spiro atoms. The number of carboxylic acids is 1. The highest BCUT2D eigenvalue weighted by molar-refractivity contribution is 6.38. The van der Waals surface area contributed by atoms with Crippen molar-refractivity contribution in [2.45, 2.75) is 0 Å². The predicted molar refractivity (Wildman–Crippen MR) is 95.4 cm³/mol. The maximum atomic E-state index is 14.2. The lowest BCUT2D eigenvalue weighted by molar-refractivity contribution is 0.0695. The number of fused-ring (bicyclic) bond motifs is 1. The maximum absolute atomic E-state index is 14.2. The number of carboxylic acid groups (broad SMARTS) is 1. The number of nitrogen functional groups attached to an aromatic ring is 1. The van der Waals surface area contributed by atoms with E-state index in [0.29, 0.717) is 0 Å². The number of benzene rings is 2. The number of anilines is 2. The highest BCUT2D eigenvalue weighted by Crippen LogP contribution is 2.34. The largest absolute Gasteiger partial charge is 0.477 e. The van der Waals surface area contributed by atoms with Crippen LogP contribution in [0.15, 0.2) is 35.3 Å². The number of hydrogen-bond donors (Lipinski definition) is 3. The summed E-state index contributed by atoms with van der Waals surface area (Å²) in [5.41, 5.74) is 4.18. The number of aromatic nitrogens is 1. The molecule has 1 heterocycles. The molecule has 3 aromatic rings. The van der Waals surface area contributed by atoms with E-state index in [-0.39, 0.29) is 33.0 Å². The van der Waals surface area contributed by atoms with Gasteiger partial charge < -0.3 is 20.7 Å². The molecule has 0 aliphatic rings. The topological polar surface area (TPSA) is 97.4 Å². The van der Waals surface area contributed by atoms with Crippen LogP contribution in [0.25, 0.3) is 16.6 Å². The Bertz CT molecular complexity index is 1130. The smallest absolute Gasteiger partial charge is 0.341 e. The van der Waals surface area contributed by atoms with Crippen LogP contribution in [0.1, 0.15) is 10.4 Å². The highest BCUT2D eigenvalue weighted by Gasteiger charge is 2.21. The Morgan fingerprint density at radius 2 is 1.96 bits per heavy atom. The van der Waals surface area contributed by atoms with Crippen LogP contribution in [0.5, 0.6) is 0 Å². The number of halogens is 3. The molecule has 26 heavy (non-hydrogen) atoms. The van der Waals surface area contributed by atoms with E-state index in [1.165, 1.54) is 23.7 Å². The number of rotatable bonds is 3. The SMILES string of the molecule is CNc1c(F)cc2c(=O)c(C(=O)O)cn(-c3ccc(F)c(N)c3)c2c1Cl. The molecule has 0 saturated heterocycles. The number of aromatic carboxylic acids is 1. The van der Waals surface area contributed by atoms with Gasteiger partial charge in [0.05, 0.1) is 27.3 Å². The molecule has 0 aliphatic carbocycles. The van der Waals surface area contributed by atoms with E-state index < -0.39 is 28.6 Å². The lowest BCUT2D eigenvalue weighted by atomic mass is 10.1. The Labute approximate surface area is 150 Å². The second-order valence-electron chi connectivity index (χ2n) is 5.45. The second kappa shape index (κ2) is 6.30. The van der Waals surface area contributed by atoms with Crippen LogP contribution in [-0.2, 0) is 0 Å². The van der Waals surface area contributed by atoms with Crippen molar-refractivity contribution in [2.24, 2.45) is 0 Å². The Hall–Kier alpha value is -3.13. The summed E-state index contributed by atoms with van der Waals surface area (Å²) in [5, 5.41) is 11.5. The first-order valence-corrected chi connectivity index (χ1v) is 7.67. The van der Waals surface area contributed by atoms with Gasteiger partial charge in [-0.1, -0.05) is 11.6 Å². The number of nitrogens with zero attached hydrogens (tertiary/aromatic N) is 1. The zero-order chi connectivity index (χ0) is 19.2. The summed E-state index contributed by atoms with van der Waals surface area (Å²) < 4.78 is 29.0. The molecular weight excluding hydrogens is 368 g/mol. The standard InChI is InChI=1S/C17H12ClF2N3O3/c1-22-14-11(20)5-8-15(13(14)18)23(6-9(16(8)24)17(25)26)7-2-3-10(19)12(21)4-7/h2-6,22H,21H2,1H3,(H,25,26). The van der Waals surface area contributed by atoms with Gasteiger partial charge in [-0.2, -0.15) is 0 Å². The van der Waals surface area contributed by atoms with E-state index >= 15 is 0 Å². The van der Waals surface area contributed by atoms with E-state index in [0.717, 1.165) is 18.3 Å². The molecule has 3 rings (SSSR count). The molecule has 0 radical (unpaired) electrons. The molecule has 4 N–H and O–H groups in total. The van der Waals surface area contributed by atoms with Crippen LogP contribution in [0.3, 0.4) is 0 Å². The first-order chi connectivity index (χ1) is 12.3. The normalized spacial score (nSPS) is 10.9. The van der Waals surface area contributed by atoms with Crippen molar-refractivity contribution in [1.82, 2.24) is 4.57 Å². The first-order valence-electron chi connectivity index (χ1n) is 7.30. The third-order valence-corrected chi connectivity index (χ3v) is 4.29. The van der Waals surface area contributed by atoms with E-state index in [4.69, 9.17) is 17.3 Å². The monoisotopic (exact) mass is 379 g/mol. The lowest BCUT2D eigenvalue weighted by Crippen LogP contribution is -2.19. The maximum Gasteiger partial charge on any atom is 0.341 e. The molecule has 0 atom stereocenters. The minimum Gasteiger partial charge on any atom is -0.477 e. The zero-order valence-corrected chi connectivity index (χ0v) is 14.1. The molecule has 0 bridgehead atoms. The van der Waals surface area contributed by atoms with Crippen molar-refractivity contribution in [3.63, 3.8) is 0 Å². The van der Waals surface area contributed by atoms with Gasteiger partial charge in [-0.25, -0.2) is 13.6 Å². The van der Waals surface area contributed by atoms with Gasteiger partial charge in [0.2, 0.25) is 5.43 Å². The molecule has 134 valence electrons. The van der Waals surface area contributed by atoms with Crippen LogP contribution < -0.4 is 16.5 Å². The second-order valence-corrected chi connectivity index (χ2v) is 5.82. The zero-order valence-electron chi connectivity index (χ0n) is 13.3. The fourth-order valence-electron chi connectivity index (χ4n) is 2.68. The van der Waals surface area contributed by atoms with Crippen LogP contribution in [0.4, 0.5) is 20.2 Å². The van der Waals surface area contributed by atoms with Crippen molar-refractivity contribution in [3.8, 4) is 5.69 Å². The lowest BCUT2D eigenvalue weighted by Gasteiger charge is -2.16. The van der Waals surface area contributed by atoms with Crippen LogP contribution in [0.2, 0.25) is 5.02 Å². The molecule has 0 fully saturated rings. The third-order valence-electron chi connectivity index (χ3n) is 3.92. The number of pyridine rings is 1. The Morgan fingerprint density at radius 3 is 2.54 bits per heavy atom. The van der Waals surface area contributed by atoms with Gasteiger partial charge in [-0.3, -0.25) is 4.79 Å². The quantitative estimate of drug-likeness (QED) is 0.607. The Balaban J connectivity index is 2.54. The average molecular weight is 380 g/mol. The van der Waals surface area contributed by atoms with Crippen molar-refractivity contribution >= 4 is 39.8 Å². The van der Waals surface area contributed by atoms with E-state index in [1.807, 2.05) is 0 Å². The van der Waals surface area contributed by atoms with Crippen molar-refractivity contribution in [1.29, 1.82) is 0 Å². The minimum atomic E-state index is -1.49. The highest BCUT2D eigenvalue weighted by atomic mass is 35.5. The summed E-state index contributed by atoms with van der Waals surface area (Å²) in [6, 6.07) is 4.58. The summed E-state index contributed by atoms with van der Waals surface area (Å²) in [5.74, 6) is -2.96. The fourth-order valence-corrected chi connectivity index (χ4v) is 3.06. The number of nitrogens with two attached hydrogens (primary N) is 1. The molecule has 0 saturated carbocycles. The third kappa shape index (κ3) is 2.64. The van der Waals surface area contributed by atoms with Crippen molar-refractivity contribution in [3.05, 3.63) is 62.9 Å². The summed E-state index contributed by atoms with van der Waals surface area (Å²) in [6.45, 7) is 0. The van der Waals surface area contributed by atoms with Crippen LogP contribution in [-0.4, -0.2) is 22.7 Å². The van der Waals surface area contributed by atoms with Gasteiger partial charge in [-0.15, -0.1) is 0 Å². The first kappa shape index (κ1) is 17.7. The summed E-state index contributed by atoms with van der Waals surface area (Å²) in [7, 11) is 1.44. The summed E-state index contributed by atoms with van der Waals surface area (Å²) >= 11 is 6.26. The molecule has 0 aliphatic heterocycles. The Kier molecular flexibility index (Phi) is 4.29. The molecule has 1 aromatic heterocycles. The Morgan fingerprint density at radius 1 is 1.27 bits per heavy atom.